The summed E-state index contributed by atoms with van der Waals surface area (Å²) in [7, 11) is 0. The van der Waals surface area contributed by atoms with E-state index in [1.54, 1.807) is 12.3 Å². The summed E-state index contributed by atoms with van der Waals surface area (Å²) in [5.74, 6) is -0.440. The fourth-order valence-corrected chi connectivity index (χ4v) is 1.29. The van der Waals surface area contributed by atoms with Crippen molar-refractivity contribution in [3.63, 3.8) is 0 Å². The van der Waals surface area contributed by atoms with Gasteiger partial charge in [-0.05, 0) is 12.1 Å². The minimum Gasteiger partial charge on any atom is -0.478 e. The van der Waals surface area contributed by atoms with Gasteiger partial charge in [0.15, 0.2) is 11.5 Å². The number of aromatic carboxylic acids is 1. The van der Waals surface area contributed by atoms with Gasteiger partial charge in [0, 0.05) is 6.20 Å². The van der Waals surface area contributed by atoms with Gasteiger partial charge in [0.2, 0.25) is 0 Å². The number of hydrogen-bond acceptors (Lipinski definition) is 3. The summed E-state index contributed by atoms with van der Waals surface area (Å²) < 4.78 is 1.40. The molecule has 0 fully saturated rings. The van der Waals surface area contributed by atoms with Crippen LogP contribution in [0.25, 0.3) is 5.65 Å². The van der Waals surface area contributed by atoms with E-state index in [0.29, 0.717) is 11.5 Å². The lowest BCUT2D eigenvalue weighted by Crippen LogP contribution is -2.00. The van der Waals surface area contributed by atoms with Gasteiger partial charge in [0.05, 0.1) is 5.88 Å². The average Bonchev–Trinajstić information content (AvgIpc) is 2.59. The molecule has 2 aromatic heterocycles. The lowest BCUT2D eigenvalue weighted by Gasteiger charge is -1.94. The molecule has 0 aliphatic heterocycles. The predicted octanol–water partition coefficient (Wildman–Crippen LogP) is 1.17. The number of aromatic nitrogens is 3. The predicted molar refractivity (Wildman–Crippen MR) is 49.5 cm³/mol. The van der Waals surface area contributed by atoms with Gasteiger partial charge in [-0.1, -0.05) is 0 Å². The van der Waals surface area contributed by atoms with Crippen LogP contribution in [0.1, 0.15) is 16.2 Å². The Morgan fingerprint density at radius 2 is 2.43 bits per heavy atom. The molecule has 0 spiro atoms. The number of hydrogen-bond donors (Lipinski definition) is 1. The molecule has 0 radical (unpaired) electrons. The van der Waals surface area contributed by atoms with Gasteiger partial charge in [-0.2, -0.15) is 0 Å². The lowest BCUT2D eigenvalue weighted by atomic mass is 10.3. The van der Waals surface area contributed by atoms with Gasteiger partial charge in [-0.25, -0.2) is 14.3 Å². The molecule has 0 amide bonds. The van der Waals surface area contributed by atoms with Crippen molar-refractivity contribution in [2.75, 3.05) is 0 Å². The van der Waals surface area contributed by atoms with Crippen LogP contribution in [0.2, 0.25) is 0 Å². The Hall–Kier alpha value is -1.62. The first kappa shape index (κ1) is 8.96. The molecular formula is C8H6ClN3O2. The monoisotopic (exact) mass is 211 g/mol. The molecule has 2 aromatic rings. The van der Waals surface area contributed by atoms with Crippen molar-refractivity contribution in [3.05, 3.63) is 29.7 Å². The van der Waals surface area contributed by atoms with E-state index in [1.807, 2.05) is 0 Å². The summed E-state index contributed by atoms with van der Waals surface area (Å²) >= 11 is 5.54. The van der Waals surface area contributed by atoms with Gasteiger partial charge < -0.3 is 5.11 Å². The van der Waals surface area contributed by atoms with Crippen molar-refractivity contribution in [2.24, 2.45) is 0 Å². The first-order chi connectivity index (χ1) is 6.72. The van der Waals surface area contributed by atoms with Crippen molar-refractivity contribution >= 4 is 23.2 Å². The molecular weight excluding hydrogens is 206 g/mol. The molecule has 5 nitrogen and oxygen atoms in total. The maximum absolute atomic E-state index is 10.8. The summed E-state index contributed by atoms with van der Waals surface area (Å²) in [6.07, 6.45) is 1.63. The first-order valence-corrected chi connectivity index (χ1v) is 4.39. The Morgan fingerprint density at radius 1 is 1.64 bits per heavy atom. The second kappa shape index (κ2) is 3.26. The van der Waals surface area contributed by atoms with Crippen LogP contribution in [-0.2, 0) is 5.88 Å². The van der Waals surface area contributed by atoms with Crippen LogP contribution < -0.4 is 0 Å². The number of rotatable bonds is 2. The van der Waals surface area contributed by atoms with E-state index in [9.17, 15) is 4.79 Å². The zero-order valence-corrected chi connectivity index (χ0v) is 7.77. The Bertz CT molecular complexity index is 494. The standard InChI is InChI=1S/C8H6ClN3O2/c9-4-6-10-7-5(8(13)14)2-1-3-12(7)11-6/h1-3H,4H2,(H,13,14). The summed E-state index contributed by atoms with van der Waals surface area (Å²) in [4.78, 5) is 14.8. The van der Waals surface area contributed by atoms with Crippen molar-refractivity contribution in [1.29, 1.82) is 0 Å². The summed E-state index contributed by atoms with van der Waals surface area (Å²) in [5, 5.41) is 12.8. The number of nitrogens with zero attached hydrogens (tertiary/aromatic N) is 3. The number of carboxylic acids is 1. The fraction of sp³-hybridized carbons (Fsp3) is 0.125. The molecule has 14 heavy (non-hydrogen) atoms. The summed E-state index contributed by atoms with van der Waals surface area (Å²) in [6.45, 7) is 0. The number of fused-ring (bicyclic) bond motifs is 1. The quantitative estimate of drug-likeness (QED) is 0.757. The van der Waals surface area contributed by atoms with E-state index in [1.165, 1.54) is 10.6 Å². The SMILES string of the molecule is O=C(O)c1cccn2nc(CCl)nc12. The molecule has 0 aromatic carbocycles. The minimum atomic E-state index is -1.02. The number of pyridine rings is 1. The molecule has 72 valence electrons. The van der Waals surface area contributed by atoms with E-state index in [-0.39, 0.29) is 11.4 Å². The molecule has 0 aliphatic carbocycles. The van der Waals surface area contributed by atoms with Crippen LogP contribution in [0, 0.1) is 0 Å². The van der Waals surface area contributed by atoms with E-state index in [2.05, 4.69) is 10.1 Å². The Balaban J connectivity index is 2.73. The largest absolute Gasteiger partial charge is 0.478 e. The van der Waals surface area contributed by atoms with Crippen LogP contribution in [0.5, 0.6) is 0 Å². The molecule has 0 bridgehead atoms. The molecule has 2 rings (SSSR count). The minimum absolute atomic E-state index is 0.122. The van der Waals surface area contributed by atoms with Crippen LogP contribution in [0.3, 0.4) is 0 Å². The van der Waals surface area contributed by atoms with Gasteiger partial charge in [0.1, 0.15) is 5.56 Å². The maximum Gasteiger partial charge on any atom is 0.339 e. The third kappa shape index (κ3) is 1.31. The van der Waals surface area contributed by atoms with Crippen LogP contribution >= 0.6 is 11.6 Å². The molecule has 6 heteroatoms. The molecule has 0 aliphatic rings. The third-order valence-corrected chi connectivity index (χ3v) is 2.00. The highest BCUT2D eigenvalue weighted by Gasteiger charge is 2.11. The van der Waals surface area contributed by atoms with E-state index < -0.39 is 5.97 Å². The molecule has 1 N–H and O–H groups in total. The normalized spacial score (nSPS) is 10.6. The first-order valence-electron chi connectivity index (χ1n) is 3.86. The number of alkyl halides is 1. The highest BCUT2D eigenvalue weighted by Crippen LogP contribution is 2.09. The molecule has 0 saturated heterocycles. The summed E-state index contributed by atoms with van der Waals surface area (Å²) in [5.41, 5.74) is 0.437. The molecule has 0 atom stereocenters. The van der Waals surface area contributed by atoms with Crippen molar-refractivity contribution in [1.82, 2.24) is 14.6 Å². The second-order valence-electron chi connectivity index (χ2n) is 2.66. The van der Waals surface area contributed by atoms with Gasteiger partial charge >= 0.3 is 5.97 Å². The molecule has 2 heterocycles. The van der Waals surface area contributed by atoms with Crippen molar-refractivity contribution in [3.8, 4) is 0 Å². The Labute approximate surface area is 83.9 Å². The smallest absolute Gasteiger partial charge is 0.339 e. The zero-order valence-electron chi connectivity index (χ0n) is 7.01. The van der Waals surface area contributed by atoms with Gasteiger partial charge in [0.25, 0.3) is 0 Å². The fourth-order valence-electron chi connectivity index (χ4n) is 1.17. The second-order valence-corrected chi connectivity index (χ2v) is 2.92. The third-order valence-electron chi connectivity index (χ3n) is 1.76. The Kier molecular flexibility index (Phi) is 2.09. The summed E-state index contributed by atoms with van der Waals surface area (Å²) in [6, 6.07) is 3.08. The maximum atomic E-state index is 10.8. The van der Waals surface area contributed by atoms with Crippen LogP contribution in [0.4, 0.5) is 0 Å². The Morgan fingerprint density at radius 3 is 3.07 bits per heavy atom. The van der Waals surface area contributed by atoms with E-state index in [0.717, 1.165) is 0 Å². The van der Waals surface area contributed by atoms with Crippen molar-refractivity contribution < 1.29 is 9.90 Å². The molecule has 0 saturated carbocycles. The van der Waals surface area contributed by atoms with Gasteiger partial charge in [-0.3, -0.25) is 0 Å². The zero-order chi connectivity index (χ0) is 10.1. The van der Waals surface area contributed by atoms with E-state index in [4.69, 9.17) is 16.7 Å². The number of carboxylic acid groups (broad SMARTS) is 1. The average molecular weight is 212 g/mol. The van der Waals surface area contributed by atoms with Crippen LogP contribution in [-0.4, -0.2) is 25.7 Å². The number of halogens is 1. The number of carbonyl (C=O) groups is 1. The lowest BCUT2D eigenvalue weighted by molar-refractivity contribution is 0.0698. The van der Waals surface area contributed by atoms with E-state index >= 15 is 0 Å². The highest BCUT2D eigenvalue weighted by atomic mass is 35.5. The van der Waals surface area contributed by atoms with Crippen molar-refractivity contribution in [2.45, 2.75) is 5.88 Å². The molecule has 0 unspecified atom stereocenters. The topological polar surface area (TPSA) is 67.5 Å². The van der Waals surface area contributed by atoms with Crippen LogP contribution in [0.15, 0.2) is 18.3 Å². The van der Waals surface area contributed by atoms with Gasteiger partial charge in [-0.15, -0.1) is 16.7 Å². The highest BCUT2D eigenvalue weighted by molar-refractivity contribution is 6.16.